The fourth-order valence-electron chi connectivity index (χ4n) is 1.44. The molecule has 0 aliphatic heterocycles. The van der Waals surface area contributed by atoms with Crippen molar-refractivity contribution in [3.63, 3.8) is 0 Å². The Morgan fingerprint density at radius 3 is 2.32 bits per heavy atom. The zero-order valence-corrected chi connectivity index (χ0v) is 12.7. The van der Waals surface area contributed by atoms with E-state index in [4.69, 9.17) is 0 Å². The highest BCUT2D eigenvalue weighted by Gasteiger charge is 2.13. The van der Waals surface area contributed by atoms with Gasteiger partial charge in [0, 0.05) is 13.1 Å². The first-order valence-corrected chi connectivity index (χ1v) is 6.84. The van der Waals surface area contributed by atoms with E-state index >= 15 is 0 Å². The monoisotopic (exact) mass is 272 g/mol. The van der Waals surface area contributed by atoms with Crippen molar-refractivity contribution in [3.8, 4) is 0 Å². The molecule has 0 rings (SSSR count). The molecule has 0 saturated carbocycles. The third-order valence-electron chi connectivity index (χ3n) is 3.13. The molecule has 0 aliphatic carbocycles. The van der Waals surface area contributed by atoms with Gasteiger partial charge in [-0.3, -0.25) is 10.1 Å². The van der Waals surface area contributed by atoms with Gasteiger partial charge in [-0.05, 0) is 53.8 Å². The summed E-state index contributed by atoms with van der Waals surface area (Å²) in [5, 5.41) is 7.69. The summed E-state index contributed by atoms with van der Waals surface area (Å²) in [6.07, 6.45) is 2.10. The van der Waals surface area contributed by atoms with E-state index in [1.165, 1.54) is 7.05 Å². The summed E-state index contributed by atoms with van der Waals surface area (Å²) < 4.78 is 0. The fourth-order valence-corrected chi connectivity index (χ4v) is 1.44. The van der Waals surface area contributed by atoms with Crippen LogP contribution in [-0.4, -0.2) is 56.1 Å². The normalized spacial score (nSPS) is 12.6. The van der Waals surface area contributed by atoms with Crippen molar-refractivity contribution in [2.75, 3.05) is 27.2 Å². The molecule has 3 N–H and O–H groups in total. The maximum atomic E-state index is 11.5. The number of carbonyl (C=O) groups is 2. The van der Waals surface area contributed by atoms with E-state index in [1.807, 2.05) is 0 Å². The number of nitrogens with zero attached hydrogens (tertiary/aromatic N) is 1. The Balaban J connectivity index is 3.66. The van der Waals surface area contributed by atoms with E-state index in [-0.39, 0.29) is 11.9 Å². The van der Waals surface area contributed by atoms with E-state index in [1.54, 1.807) is 6.92 Å². The van der Waals surface area contributed by atoms with Crippen LogP contribution in [0.2, 0.25) is 0 Å². The Morgan fingerprint density at radius 1 is 1.16 bits per heavy atom. The molecule has 0 saturated heterocycles. The van der Waals surface area contributed by atoms with Crippen molar-refractivity contribution in [1.82, 2.24) is 20.9 Å². The van der Waals surface area contributed by atoms with Gasteiger partial charge in [-0.1, -0.05) is 0 Å². The lowest BCUT2D eigenvalue weighted by atomic mass is 10.2. The summed E-state index contributed by atoms with van der Waals surface area (Å²) in [7, 11) is 3.59. The van der Waals surface area contributed by atoms with E-state index < -0.39 is 6.03 Å². The summed E-state index contributed by atoms with van der Waals surface area (Å²) in [5.41, 5.74) is 0. The van der Waals surface area contributed by atoms with Crippen molar-refractivity contribution in [1.29, 1.82) is 0 Å². The Hall–Kier alpha value is -1.14. The van der Waals surface area contributed by atoms with Crippen molar-refractivity contribution < 1.29 is 9.59 Å². The van der Waals surface area contributed by atoms with Gasteiger partial charge in [-0.2, -0.15) is 0 Å². The highest BCUT2D eigenvalue weighted by atomic mass is 16.2. The van der Waals surface area contributed by atoms with Gasteiger partial charge >= 0.3 is 6.03 Å². The van der Waals surface area contributed by atoms with Crippen LogP contribution < -0.4 is 16.0 Å². The Labute approximate surface area is 116 Å². The zero-order valence-electron chi connectivity index (χ0n) is 12.7. The van der Waals surface area contributed by atoms with Crippen LogP contribution >= 0.6 is 0 Å². The topological polar surface area (TPSA) is 73.5 Å². The molecular weight excluding hydrogens is 244 g/mol. The van der Waals surface area contributed by atoms with Gasteiger partial charge in [0.2, 0.25) is 5.91 Å². The number of urea groups is 1. The van der Waals surface area contributed by atoms with Gasteiger partial charge in [0.1, 0.15) is 0 Å². The van der Waals surface area contributed by atoms with Crippen molar-refractivity contribution in [2.24, 2.45) is 0 Å². The molecule has 0 aromatic rings. The molecule has 0 bridgehead atoms. The maximum Gasteiger partial charge on any atom is 0.321 e. The summed E-state index contributed by atoms with van der Waals surface area (Å²) >= 11 is 0. The third-order valence-corrected chi connectivity index (χ3v) is 3.13. The number of carbonyl (C=O) groups excluding carboxylic acids is 2. The molecular formula is C13H28N4O2. The molecule has 6 nitrogen and oxygen atoms in total. The molecule has 0 aromatic heterocycles. The molecule has 0 heterocycles. The van der Waals surface area contributed by atoms with Gasteiger partial charge in [0.15, 0.2) is 0 Å². The number of imide groups is 1. The number of unbranched alkanes of at least 4 members (excludes halogenated alkanes) is 1. The molecule has 0 spiro atoms. The van der Waals surface area contributed by atoms with E-state index in [0.717, 1.165) is 25.9 Å². The van der Waals surface area contributed by atoms with Crippen LogP contribution in [0.3, 0.4) is 0 Å². The van der Waals surface area contributed by atoms with Crippen molar-refractivity contribution >= 4 is 11.9 Å². The average molecular weight is 272 g/mol. The second-order valence-electron chi connectivity index (χ2n) is 5.03. The molecule has 3 amide bonds. The highest BCUT2D eigenvalue weighted by Crippen LogP contribution is 1.97. The predicted octanol–water partition coefficient (Wildman–Crippen LogP) is 0.541. The minimum Gasteiger partial charge on any atom is -0.341 e. The molecule has 6 heteroatoms. The number of rotatable bonds is 8. The van der Waals surface area contributed by atoms with Gasteiger partial charge in [0.25, 0.3) is 0 Å². The van der Waals surface area contributed by atoms with Gasteiger partial charge in [-0.15, -0.1) is 0 Å². The fraction of sp³-hybridized carbons (Fsp3) is 0.846. The number of nitrogens with one attached hydrogen (secondary N) is 3. The van der Waals surface area contributed by atoms with Crippen LogP contribution in [0.25, 0.3) is 0 Å². The lowest BCUT2D eigenvalue weighted by Gasteiger charge is -2.21. The van der Waals surface area contributed by atoms with Crippen LogP contribution in [0.5, 0.6) is 0 Å². The van der Waals surface area contributed by atoms with Crippen molar-refractivity contribution in [3.05, 3.63) is 0 Å². The lowest BCUT2D eigenvalue weighted by molar-refractivity contribution is -0.121. The van der Waals surface area contributed by atoms with Gasteiger partial charge < -0.3 is 15.5 Å². The predicted molar refractivity (Wildman–Crippen MR) is 77.1 cm³/mol. The number of amides is 3. The minimum atomic E-state index is -0.475. The van der Waals surface area contributed by atoms with E-state index in [2.05, 4.69) is 41.7 Å². The summed E-state index contributed by atoms with van der Waals surface area (Å²) in [5.74, 6) is -0.307. The summed E-state index contributed by atoms with van der Waals surface area (Å²) in [4.78, 5) is 24.8. The van der Waals surface area contributed by atoms with Gasteiger partial charge in [-0.25, -0.2) is 4.79 Å². The zero-order chi connectivity index (χ0) is 14.8. The number of hydrogen-bond donors (Lipinski definition) is 3. The maximum absolute atomic E-state index is 11.5. The Bertz CT molecular complexity index is 282. The molecule has 0 aliphatic rings. The second-order valence-corrected chi connectivity index (χ2v) is 5.03. The number of hydrogen-bond acceptors (Lipinski definition) is 4. The summed E-state index contributed by atoms with van der Waals surface area (Å²) in [6, 6.07) is -0.275. The largest absolute Gasteiger partial charge is 0.341 e. The molecule has 0 radical (unpaired) electrons. The first-order valence-electron chi connectivity index (χ1n) is 6.84. The molecule has 19 heavy (non-hydrogen) atoms. The highest BCUT2D eigenvalue weighted by molar-refractivity contribution is 5.96. The van der Waals surface area contributed by atoms with Crippen molar-refractivity contribution in [2.45, 2.75) is 45.7 Å². The Morgan fingerprint density at radius 2 is 1.79 bits per heavy atom. The first-order chi connectivity index (χ1) is 8.88. The standard InChI is InChI=1S/C13H28N4O2/c1-10(2)17(5)9-7-6-8-15-11(3)12(18)16-13(19)14-4/h10-11,15H,6-9H2,1-5H3,(H2,14,16,18,19). The molecule has 0 fully saturated rings. The molecule has 1 unspecified atom stereocenters. The molecule has 112 valence electrons. The third kappa shape index (κ3) is 8.56. The Kier molecular flexibility index (Phi) is 9.16. The average Bonchev–Trinajstić information content (AvgIpc) is 2.37. The lowest BCUT2D eigenvalue weighted by Crippen LogP contribution is -2.47. The van der Waals surface area contributed by atoms with Crippen LogP contribution in [0, 0.1) is 0 Å². The van der Waals surface area contributed by atoms with E-state index in [9.17, 15) is 9.59 Å². The van der Waals surface area contributed by atoms with E-state index in [0.29, 0.717) is 6.04 Å². The van der Waals surface area contributed by atoms with Crippen LogP contribution in [0.15, 0.2) is 0 Å². The first kappa shape index (κ1) is 17.9. The van der Waals surface area contributed by atoms with Crippen LogP contribution in [-0.2, 0) is 4.79 Å². The van der Waals surface area contributed by atoms with Crippen LogP contribution in [0.4, 0.5) is 4.79 Å². The quantitative estimate of drug-likeness (QED) is 0.564. The van der Waals surface area contributed by atoms with Crippen LogP contribution in [0.1, 0.15) is 33.6 Å². The SMILES string of the molecule is CNC(=O)NC(=O)C(C)NCCCCN(C)C(C)C. The molecule has 0 aromatic carbocycles. The molecule has 1 atom stereocenters. The smallest absolute Gasteiger partial charge is 0.321 e. The second kappa shape index (κ2) is 9.75. The minimum absolute atomic E-state index is 0.307. The summed E-state index contributed by atoms with van der Waals surface area (Å²) in [6.45, 7) is 7.91. The van der Waals surface area contributed by atoms with Gasteiger partial charge in [0.05, 0.1) is 6.04 Å².